The molecule has 2 atom stereocenters. The van der Waals surface area contributed by atoms with Crippen molar-refractivity contribution in [2.24, 2.45) is 11.7 Å². The highest BCUT2D eigenvalue weighted by atomic mass is 16.3. The SMILES string of the molecule is CC1CN(C(=O)C=Cc2ccco2)CCC1N. The molecule has 2 N–H and O–H groups in total. The summed E-state index contributed by atoms with van der Waals surface area (Å²) in [6.07, 6.45) is 5.72. The van der Waals surface area contributed by atoms with Crippen LogP contribution >= 0.6 is 0 Å². The van der Waals surface area contributed by atoms with E-state index in [1.54, 1.807) is 24.5 Å². The topological polar surface area (TPSA) is 59.5 Å². The van der Waals surface area contributed by atoms with E-state index < -0.39 is 0 Å². The first-order valence-electron chi connectivity index (χ1n) is 5.93. The van der Waals surface area contributed by atoms with E-state index in [4.69, 9.17) is 10.2 Å². The van der Waals surface area contributed by atoms with Crippen LogP contribution in [0.2, 0.25) is 0 Å². The second-order valence-electron chi connectivity index (χ2n) is 4.56. The Bertz CT molecular complexity index is 398. The Morgan fingerprint density at radius 2 is 2.47 bits per heavy atom. The molecule has 4 nitrogen and oxygen atoms in total. The summed E-state index contributed by atoms with van der Waals surface area (Å²) in [5.74, 6) is 1.09. The maximum atomic E-state index is 11.9. The lowest BCUT2D eigenvalue weighted by Gasteiger charge is -2.34. The van der Waals surface area contributed by atoms with E-state index in [1.165, 1.54) is 0 Å². The number of hydrogen-bond donors (Lipinski definition) is 1. The number of hydrogen-bond acceptors (Lipinski definition) is 3. The Balaban J connectivity index is 1.92. The number of nitrogens with two attached hydrogens (primary N) is 1. The molecule has 1 amide bonds. The largest absolute Gasteiger partial charge is 0.465 e. The Morgan fingerprint density at radius 3 is 3.12 bits per heavy atom. The standard InChI is InChI=1S/C13H18N2O2/c1-10-9-15(7-6-12(10)14)13(16)5-4-11-3-2-8-17-11/h2-5,8,10,12H,6-7,9,14H2,1H3. The third-order valence-electron chi connectivity index (χ3n) is 3.22. The average Bonchev–Trinajstić information content (AvgIpc) is 2.82. The number of piperidine rings is 1. The molecule has 1 aliphatic rings. The summed E-state index contributed by atoms with van der Waals surface area (Å²) in [7, 11) is 0. The van der Waals surface area contributed by atoms with E-state index in [2.05, 4.69) is 6.92 Å². The predicted octanol–water partition coefficient (Wildman–Crippen LogP) is 1.49. The zero-order valence-corrected chi connectivity index (χ0v) is 10.0. The van der Waals surface area contributed by atoms with Gasteiger partial charge in [-0.1, -0.05) is 6.92 Å². The highest BCUT2D eigenvalue weighted by molar-refractivity contribution is 5.91. The number of likely N-dealkylation sites (tertiary alicyclic amines) is 1. The summed E-state index contributed by atoms with van der Waals surface area (Å²) < 4.78 is 5.13. The molecule has 0 spiro atoms. The Morgan fingerprint density at radius 1 is 1.65 bits per heavy atom. The van der Waals surface area contributed by atoms with Crippen molar-refractivity contribution in [1.82, 2.24) is 4.90 Å². The monoisotopic (exact) mass is 234 g/mol. The summed E-state index contributed by atoms with van der Waals surface area (Å²) in [5, 5.41) is 0. The average molecular weight is 234 g/mol. The normalized spacial score (nSPS) is 25.4. The molecule has 1 aliphatic heterocycles. The number of furan rings is 1. The number of rotatable bonds is 2. The fourth-order valence-corrected chi connectivity index (χ4v) is 2.01. The van der Waals surface area contributed by atoms with Gasteiger partial charge >= 0.3 is 0 Å². The fourth-order valence-electron chi connectivity index (χ4n) is 2.01. The van der Waals surface area contributed by atoms with Crippen LogP contribution < -0.4 is 5.73 Å². The Kier molecular flexibility index (Phi) is 3.64. The molecule has 1 aromatic rings. The van der Waals surface area contributed by atoms with Gasteiger partial charge in [-0.05, 0) is 30.5 Å². The van der Waals surface area contributed by atoms with Gasteiger partial charge in [-0.25, -0.2) is 0 Å². The summed E-state index contributed by atoms with van der Waals surface area (Å²) >= 11 is 0. The van der Waals surface area contributed by atoms with Crippen molar-refractivity contribution in [3.05, 3.63) is 30.2 Å². The van der Waals surface area contributed by atoms with E-state index in [-0.39, 0.29) is 11.9 Å². The molecule has 92 valence electrons. The van der Waals surface area contributed by atoms with Crippen molar-refractivity contribution in [3.63, 3.8) is 0 Å². The molecule has 2 rings (SSSR count). The van der Waals surface area contributed by atoms with E-state index in [1.807, 2.05) is 11.0 Å². The van der Waals surface area contributed by atoms with Gasteiger partial charge in [0.1, 0.15) is 5.76 Å². The van der Waals surface area contributed by atoms with Gasteiger partial charge in [0.15, 0.2) is 0 Å². The third-order valence-corrected chi connectivity index (χ3v) is 3.22. The van der Waals surface area contributed by atoms with Crippen LogP contribution in [0.3, 0.4) is 0 Å². The van der Waals surface area contributed by atoms with Crippen LogP contribution in [0.25, 0.3) is 6.08 Å². The van der Waals surface area contributed by atoms with Gasteiger partial charge in [-0.3, -0.25) is 4.79 Å². The van der Waals surface area contributed by atoms with Gasteiger partial charge in [0.25, 0.3) is 0 Å². The summed E-state index contributed by atoms with van der Waals surface area (Å²) in [6.45, 7) is 3.57. The molecule has 1 fully saturated rings. The molecule has 1 saturated heterocycles. The minimum absolute atomic E-state index is 0.0279. The van der Waals surface area contributed by atoms with Gasteiger partial charge < -0.3 is 15.1 Å². The quantitative estimate of drug-likeness (QED) is 0.789. The molecule has 0 radical (unpaired) electrons. The van der Waals surface area contributed by atoms with Gasteiger partial charge in [0, 0.05) is 25.2 Å². The highest BCUT2D eigenvalue weighted by Gasteiger charge is 2.24. The predicted molar refractivity (Wildman–Crippen MR) is 66.1 cm³/mol. The molecule has 0 aromatic carbocycles. The van der Waals surface area contributed by atoms with Crippen LogP contribution in [0.4, 0.5) is 0 Å². The smallest absolute Gasteiger partial charge is 0.246 e. The summed E-state index contributed by atoms with van der Waals surface area (Å²) in [5.41, 5.74) is 5.92. The van der Waals surface area contributed by atoms with Gasteiger partial charge in [0.2, 0.25) is 5.91 Å². The number of carbonyl (C=O) groups is 1. The van der Waals surface area contributed by atoms with Crippen molar-refractivity contribution < 1.29 is 9.21 Å². The first kappa shape index (κ1) is 11.9. The molecule has 2 unspecified atom stereocenters. The molecular weight excluding hydrogens is 216 g/mol. The minimum Gasteiger partial charge on any atom is -0.465 e. The van der Waals surface area contributed by atoms with E-state index in [9.17, 15) is 4.79 Å². The van der Waals surface area contributed by atoms with Crippen LogP contribution in [0.15, 0.2) is 28.9 Å². The molecular formula is C13H18N2O2. The second kappa shape index (κ2) is 5.19. The fraction of sp³-hybridized carbons (Fsp3) is 0.462. The Hall–Kier alpha value is -1.55. The van der Waals surface area contributed by atoms with Crippen molar-refractivity contribution in [1.29, 1.82) is 0 Å². The summed E-state index contributed by atoms with van der Waals surface area (Å²) in [6, 6.07) is 3.83. The minimum atomic E-state index is 0.0279. The lowest BCUT2D eigenvalue weighted by Crippen LogP contribution is -2.47. The maximum absolute atomic E-state index is 11.9. The van der Waals surface area contributed by atoms with Crippen LogP contribution in [-0.4, -0.2) is 29.9 Å². The second-order valence-corrected chi connectivity index (χ2v) is 4.56. The molecule has 1 aromatic heterocycles. The first-order valence-corrected chi connectivity index (χ1v) is 5.93. The van der Waals surface area contributed by atoms with Crippen molar-refractivity contribution in [2.45, 2.75) is 19.4 Å². The van der Waals surface area contributed by atoms with Crippen LogP contribution in [0.1, 0.15) is 19.1 Å². The maximum Gasteiger partial charge on any atom is 0.246 e. The lowest BCUT2D eigenvalue weighted by molar-refractivity contribution is -0.127. The lowest BCUT2D eigenvalue weighted by atomic mass is 9.95. The first-order chi connectivity index (χ1) is 8.16. The molecule has 0 aliphatic carbocycles. The Labute approximate surface area is 101 Å². The zero-order chi connectivity index (χ0) is 12.3. The molecule has 17 heavy (non-hydrogen) atoms. The van der Waals surface area contributed by atoms with Gasteiger partial charge in [-0.2, -0.15) is 0 Å². The molecule has 2 heterocycles. The highest BCUT2D eigenvalue weighted by Crippen LogP contribution is 2.15. The third kappa shape index (κ3) is 2.97. The summed E-state index contributed by atoms with van der Waals surface area (Å²) in [4.78, 5) is 13.7. The van der Waals surface area contributed by atoms with E-state index >= 15 is 0 Å². The molecule has 0 saturated carbocycles. The zero-order valence-electron chi connectivity index (χ0n) is 10.0. The van der Waals surface area contributed by atoms with Crippen molar-refractivity contribution in [3.8, 4) is 0 Å². The van der Waals surface area contributed by atoms with Gasteiger partial charge in [-0.15, -0.1) is 0 Å². The number of nitrogens with zero attached hydrogens (tertiary/aromatic N) is 1. The van der Waals surface area contributed by atoms with E-state index in [0.717, 1.165) is 19.5 Å². The van der Waals surface area contributed by atoms with Crippen LogP contribution in [0, 0.1) is 5.92 Å². The number of amides is 1. The van der Waals surface area contributed by atoms with Gasteiger partial charge in [0.05, 0.1) is 6.26 Å². The molecule has 0 bridgehead atoms. The number of carbonyl (C=O) groups excluding carboxylic acids is 1. The van der Waals surface area contributed by atoms with E-state index in [0.29, 0.717) is 11.7 Å². The van der Waals surface area contributed by atoms with Crippen LogP contribution in [-0.2, 0) is 4.79 Å². The van der Waals surface area contributed by atoms with Crippen molar-refractivity contribution in [2.75, 3.05) is 13.1 Å². The molecule has 4 heteroatoms. The van der Waals surface area contributed by atoms with Crippen molar-refractivity contribution >= 4 is 12.0 Å². The van der Waals surface area contributed by atoms with Crippen LogP contribution in [0.5, 0.6) is 0 Å².